The standard InChI is InChI=1S/C6H13NO4/c7-4(3-9)6(11)5(10)1-2-8/h3-6,8,10-11H,1-2,7H2/t4-,5-,6-/m1/s1. The number of rotatable bonds is 5. The maximum atomic E-state index is 10.00. The van der Waals surface area contributed by atoms with Crippen molar-refractivity contribution in [3.63, 3.8) is 0 Å². The van der Waals surface area contributed by atoms with Gasteiger partial charge in [0.15, 0.2) is 0 Å². The van der Waals surface area contributed by atoms with Crippen molar-refractivity contribution in [2.75, 3.05) is 6.61 Å². The average molecular weight is 163 g/mol. The van der Waals surface area contributed by atoms with Gasteiger partial charge in [-0.1, -0.05) is 0 Å². The van der Waals surface area contributed by atoms with Crippen LogP contribution in [0.1, 0.15) is 6.42 Å². The van der Waals surface area contributed by atoms with Crippen molar-refractivity contribution in [1.29, 1.82) is 0 Å². The Morgan fingerprint density at radius 3 is 2.36 bits per heavy atom. The number of aliphatic hydroxyl groups is 3. The van der Waals surface area contributed by atoms with E-state index < -0.39 is 18.2 Å². The summed E-state index contributed by atoms with van der Waals surface area (Å²) in [6, 6.07) is -1.09. The molecule has 0 aromatic carbocycles. The van der Waals surface area contributed by atoms with Gasteiger partial charge in [0.25, 0.3) is 0 Å². The largest absolute Gasteiger partial charge is 0.396 e. The zero-order valence-corrected chi connectivity index (χ0v) is 6.05. The third kappa shape index (κ3) is 3.43. The van der Waals surface area contributed by atoms with E-state index in [9.17, 15) is 4.79 Å². The van der Waals surface area contributed by atoms with Crippen LogP contribution in [0.2, 0.25) is 0 Å². The second-order valence-corrected chi connectivity index (χ2v) is 2.28. The third-order valence-corrected chi connectivity index (χ3v) is 1.37. The Kier molecular flexibility index (Phi) is 4.97. The van der Waals surface area contributed by atoms with E-state index in [1.807, 2.05) is 0 Å². The number of hydrogen-bond acceptors (Lipinski definition) is 5. The summed E-state index contributed by atoms with van der Waals surface area (Å²) < 4.78 is 0. The van der Waals surface area contributed by atoms with Gasteiger partial charge in [0.2, 0.25) is 0 Å². The fraction of sp³-hybridized carbons (Fsp3) is 0.833. The first kappa shape index (κ1) is 10.5. The maximum Gasteiger partial charge on any atom is 0.139 e. The predicted molar refractivity (Wildman–Crippen MR) is 37.8 cm³/mol. The fourth-order valence-electron chi connectivity index (χ4n) is 0.640. The van der Waals surface area contributed by atoms with Crippen LogP contribution in [-0.4, -0.2) is 46.5 Å². The SMILES string of the molecule is N[C@H](C=O)[C@@H](O)[C@H](O)CCO. The van der Waals surface area contributed by atoms with E-state index in [1.54, 1.807) is 0 Å². The highest BCUT2D eigenvalue weighted by atomic mass is 16.3. The molecule has 5 N–H and O–H groups in total. The Hall–Kier alpha value is -0.490. The van der Waals surface area contributed by atoms with Crippen molar-refractivity contribution in [3.05, 3.63) is 0 Å². The minimum absolute atomic E-state index is 0.0166. The lowest BCUT2D eigenvalue weighted by molar-refractivity contribution is -0.113. The number of aliphatic hydroxyl groups excluding tert-OH is 3. The van der Waals surface area contributed by atoms with Gasteiger partial charge >= 0.3 is 0 Å². The van der Waals surface area contributed by atoms with E-state index in [4.69, 9.17) is 21.1 Å². The predicted octanol–water partition coefficient (Wildman–Crippen LogP) is -2.38. The molecule has 0 unspecified atom stereocenters. The third-order valence-electron chi connectivity index (χ3n) is 1.37. The maximum absolute atomic E-state index is 10.00. The lowest BCUT2D eigenvalue weighted by Gasteiger charge is -2.18. The highest BCUT2D eigenvalue weighted by molar-refractivity contribution is 5.58. The number of hydrogen-bond donors (Lipinski definition) is 4. The van der Waals surface area contributed by atoms with Crippen molar-refractivity contribution in [3.8, 4) is 0 Å². The van der Waals surface area contributed by atoms with Gasteiger partial charge in [0, 0.05) is 6.61 Å². The van der Waals surface area contributed by atoms with Crippen molar-refractivity contribution in [2.24, 2.45) is 5.73 Å². The summed E-state index contributed by atoms with van der Waals surface area (Å²) in [5, 5.41) is 26.3. The van der Waals surface area contributed by atoms with Crippen molar-refractivity contribution >= 4 is 6.29 Å². The zero-order valence-electron chi connectivity index (χ0n) is 6.05. The van der Waals surface area contributed by atoms with Crippen LogP contribution in [0.4, 0.5) is 0 Å². The Morgan fingerprint density at radius 2 is 2.00 bits per heavy atom. The van der Waals surface area contributed by atoms with Gasteiger partial charge in [0.05, 0.1) is 12.1 Å². The molecule has 0 bridgehead atoms. The van der Waals surface area contributed by atoms with E-state index in [-0.39, 0.29) is 13.0 Å². The summed E-state index contributed by atoms with van der Waals surface area (Å²) in [5.74, 6) is 0. The van der Waals surface area contributed by atoms with E-state index in [0.717, 1.165) is 0 Å². The molecule has 5 heteroatoms. The smallest absolute Gasteiger partial charge is 0.139 e. The number of aldehydes is 1. The summed E-state index contributed by atoms with van der Waals surface area (Å²) in [7, 11) is 0. The first-order chi connectivity index (χ1) is 5.13. The van der Waals surface area contributed by atoms with Gasteiger partial charge in [-0.3, -0.25) is 0 Å². The molecule has 0 aliphatic rings. The van der Waals surface area contributed by atoms with Crippen molar-refractivity contribution in [2.45, 2.75) is 24.7 Å². The van der Waals surface area contributed by atoms with E-state index in [2.05, 4.69) is 0 Å². The Bertz CT molecular complexity index is 119. The summed E-state index contributed by atoms with van der Waals surface area (Å²) in [4.78, 5) is 10.00. The van der Waals surface area contributed by atoms with Crippen molar-refractivity contribution in [1.82, 2.24) is 0 Å². The minimum atomic E-state index is -1.29. The summed E-state index contributed by atoms with van der Waals surface area (Å²) in [5.41, 5.74) is 5.09. The molecular formula is C6H13NO4. The molecule has 0 aromatic rings. The van der Waals surface area contributed by atoms with Crippen LogP contribution >= 0.6 is 0 Å². The molecule has 0 heterocycles. The molecule has 3 atom stereocenters. The molecular weight excluding hydrogens is 150 g/mol. The second-order valence-electron chi connectivity index (χ2n) is 2.28. The summed E-state index contributed by atoms with van der Waals surface area (Å²) in [6.45, 7) is -0.246. The van der Waals surface area contributed by atoms with E-state index in [0.29, 0.717) is 6.29 Å². The molecule has 0 fully saturated rings. The summed E-state index contributed by atoms with van der Waals surface area (Å²) in [6.07, 6.45) is -2.06. The van der Waals surface area contributed by atoms with Crippen LogP contribution in [0.15, 0.2) is 0 Å². The molecule has 0 aliphatic carbocycles. The van der Waals surface area contributed by atoms with Crippen LogP contribution in [0.5, 0.6) is 0 Å². The van der Waals surface area contributed by atoms with Crippen LogP contribution in [0.3, 0.4) is 0 Å². The fourth-order valence-corrected chi connectivity index (χ4v) is 0.640. The zero-order chi connectivity index (χ0) is 8.85. The van der Waals surface area contributed by atoms with E-state index in [1.165, 1.54) is 0 Å². The molecule has 0 rings (SSSR count). The van der Waals surface area contributed by atoms with Gasteiger partial charge in [-0.15, -0.1) is 0 Å². The molecule has 0 aromatic heterocycles. The topological polar surface area (TPSA) is 104 Å². The van der Waals surface area contributed by atoms with Gasteiger partial charge in [-0.2, -0.15) is 0 Å². The summed E-state index contributed by atoms with van der Waals surface area (Å²) >= 11 is 0. The second kappa shape index (κ2) is 5.20. The minimum Gasteiger partial charge on any atom is -0.396 e. The normalized spacial score (nSPS) is 18.9. The van der Waals surface area contributed by atoms with E-state index >= 15 is 0 Å². The molecule has 0 saturated heterocycles. The Labute approximate surface area is 64.4 Å². The van der Waals surface area contributed by atoms with Crippen LogP contribution < -0.4 is 5.73 Å². The molecule has 11 heavy (non-hydrogen) atoms. The number of carbonyl (C=O) groups is 1. The first-order valence-corrected chi connectivity index (χ1v) is 3.31. The van der Waals surface area contributed by atoms with Gasteiger partial charge in [-0.05, 0) is 6.42 Å². The number of carbonyl (C=O) groups excluding carboxylic acids is 1. The average Bonchev–Trinajstić information content (AvgIpc) is 2.02. The molecule has 5 nitrogen and oxygen atoms in total. The molecule has 0 aliphatic heterocycles. The Morgan fingerprint density at radius 1 is 1.45 bits per heavy atom. The van der Waals surface area contributed by atoms with Crippen LogP contribution in [-0.2, 0) is 4.79 Å². The first-order valence-electron chi connectivity index (χ1n) is 3.31. The lowest BCUT2D eigenvalue weighted by atomic mass is 10.1. The molecule has 66 valence electrons. The monoisotopic (exact) mass is 163 g/mol. The van der Waals surface area contributed by atoms with Crippen LogP contribution in [0.25, 0.3) is 0 Å². The van der Waals surface area contributed by atoms with Gasteiger partial charge in [0.1, 0.15) is 12.4 Å². The quantitative estimate of drug-likeness (QED) is 0.339. The molecule has 0 amide bonds. The molecule has 0 saturated carbocycles. The molecule has 0 spiro atoms. The van der Waals surface area contributed by atoms with Crippen LogP contribution in [0, 0.1) is 0 Å². The highest BCUT2D eigenvalue weighted by Crippen LogP contribution is 2.00. The van der Waals surface area contributed by atoms with Crippen molar-refractivity contribution < 1.29 is 20.1 Å². The lowest BCUT2D eigenvalue weighted by Crippen LogP contribution is -2.44. The highest BCUT2D eigenvalue weighted by Gasteiger charge is 2.21. The van der Waals surface area contributed by atoms with Gasteiger partial charge < -0.3 is 25.8 Å². The molecule has 0 radical (unpaired) electrons. The van der Waals surface area contributed by atoms with Gasteiger partial charge in [-0.25, -0.2) is 0 Å². The Balaban J connectivity index is 3.79. The number of nitrogens with two attached hydrogens (primary N) is 1.